The number of benzene rings is 1. The van der Waals surface area contributed by atoms with Crippen LogP contribution in [0.2, 0.25) is 5.15 Å². The molecule has 1 aromatic carbocycles. The average molecular weight is 223 g/mol. The number of rotatable bonds is 2. The van der Waals surface area contributed by atoms with Gasteiger partial charge < -0.3 is 4.74 Å². The number of carbonyl (C=O) groups excluding carboxylic acids is 1. The Balaban J connectivity index is 2.70. The van der Waals surface area contributed by atoms with Crippen LogP contribution >= 0.6 is 11.6 Å². The molecule has 0 N–H and O–H groups in total. The highest BCUT2D eigenvalue weighted by molar-refractivity contribution is 6.31. The lowest BCUT2D eigenvalue weighted by molar-refractivity contribution is 0.111. The zero-order valence-electron chi connectivity index (χ0n) is 7.90. The summed E-state index contributed by atoms with van der Waals surface area (Å²) in [7, 11) is 1.57. The number of aromatic nitrogens is 2. The van der Waals surface area contributed by atoms with Crippen LogP contribution in [0, 0.1) is 0 Å². The number of halogens is 1. The van der Waals surface area contributed by atoms with E-state index in [4.69, 9.17) is 16.3 Å². The Morgan fingerprint density at radius 2 is 2.13 bits per heavy atom. The topological polar surface area (TPSA) is 52.1 Å². The highest BCUT2D eigenvalue weighted by atomic mass is 35.5. The third-order valence-electron chi connectivity index (χ3n) is 1.97. The van der Waals surface area contributed by atoms with Crippen LogP contribution in [0.4, 0.5) is 0 Å². The van der Waals surface area contributed by atoms with Crippen molar-refractivity contribution in [1.82, 2.24) is 9.97 Å². The van der Waals surface area contributed by atoms with Gasteiger partial charge in [0.15, 0.2) is 11.4 Å². The summed E-state index contributed by atoms with van der Waals surface area (Å²) in [5.41, 5.74) is 1.36. The molecule has 0 aliphatic heterocycles. The summed E-state index contributed by atoms with van der Waals surface area (Å²) in [6.45, 7) is 0. The lowest BCUT2D eigenvalue weighted by atomic mass is 10.3. The van der Waals surface area contributed by atoms with Gasteiger partial charge in [-0.2, -0.15) is 0 Å². The maximum atomic E-state index is 10.6. The van der Waals surface area contributed by atoms with Crippen molar-refractivity contribution in [1.29, 1.82) is 0 Å². The van der Waals surface area contributed by atoms with Crippen molar-refractivity contribution in [2.24, 2.45) is 0 Å². The van der Waals surface area contributed by atoms with Gasteiger partial charge in [0.25, 0.3) is 0 Å². The van der Waals surface area contributed by atoms with E-state index in [0.29, 0.717) is 23.1 Å². The maximum Gasteiger partial charge on any atom is 0.171 e. The van der Waals surface area contributed by atoms with Gasteiger partial charge in [0.2, 0.25) is 0 Å². The Morgan fingerprint density at radius 3 is 2.80 bits per heavy atom. The predicted molar refractivity (Wildman–Crippen MR) is 56.5 cm³/mol. The SMILES string of the molecule is COc1ccc2nc(C=O)c(Cl)nc2c1. The van der Waals surface area contributed by atoms with Gasteiger partial charge in [-0.25, -0.2) is 9.97 Å². The first-order valence-corrected chi connectivity index (χ1v) is 4.59. The maximum absolute atomic E-state index is 10.6. The molecule has 0 amide bonds. The first-order chi connectivity index (χ1) is 7.24. The Bertz CT molecular complexity index is 528. The minimum Gasteiger partial charge on any atom is -0.497 e. The number of methoxy groups -OCH3 is 1. The molecular weight excluding hydrogens is 216 g/mol. The highest BCUT2D eigenvalue weighted by Crippen LogP contribution is 2.20. The zero-order chi connectivity index (χ0) is 10.8. The number of ether oxygens (including phenoxy) is 1. The van der Waals surface area contributed by atoms with Crippen molar-refractivity contribution >= 4 is 28.9 Å². The predicted octanol–water partition coefficient (Wildman–Crippen LogP) is 2.10. The summed E-state index contributed by atoms with van der Waals surface area (Å²) < 4.78 is 5.04. The second-order valence-electron chi connectivity index (χ2n) is 2.87. The van der Waals surface area contributed by atoms with E-state index in [1.54, 1.807) is 25.3 Å². The fraction of sp³-hybridized carbons (Fsp3) is 0.100. The number of hydrogen-bond acceptors (Lipinski definition) is 4. The number of carbonyl (C=O) groups is 1. The van der Waals surface area contributed by atoms with Crippen molar-refractivity contribution in [2.45, 2.75) is 0 Å². The number of nitrogens with zero attached hydrogens (tertiary/aromatic N) is 2. The first-order valence-electron chi connectivity index (χ1n) is 4.21. The smallest absolute Gasteiger partial charge is 0.171 e. The third kappa shape index (κ3) is 1.76. The molecule has 0 saturated carbocycles. The Hall–Kier alpha value is -1.68. The molecule has 76 valence electrons. The van der Waals surface area contributed by atoms with Gasteiger partial charge in [0.1, 0.15) is 11.4 Å². The molecule has 0 radical (unpaired) electrons. The van der Waals surface area contributed by atoms with Crippen LogP contribution in [0.15, 0.2) is 18.2 Å². The van der Waals surface area contributed by atoms with Gasteiger partial charge in [-0.05, 0) is 12.1 Å². The van der Waals surface area contributed by atoms with E-state index >= 15 is 0 Å². The molecule has 15 heavy (non-hydrogen) atoms. The zero-order valence-corrected chi connectivity index (χ0v) is 8.65. The van der Waals surface area contributed by atoms with E-state index in [2.05, 4.69) is 9.97 Å². The van der Waals surface area contributed by atoms with Gasteiger partial charge in [0.05, 0.1) is 18.1 Å². The van der Waals surface area contributed by atoms with E-state index in [1.165, 1.54) is 0 Å². The first kappa shape index (κ1) is 9.86. The summed E-state index contributed by atoms with van der Waals surface area (Å²) in [5.74, 6) is 0.673. The molecule has 2 rings (SSSR count). The lowest BCUT2D eigenvalue weighted by Gasteiger charge is -2.02. The van der Waals surface area contributed by atoms with Gasteiger partial charge >= 0.3 is 0 Å². The highest BCUT2D eigenvalue weighted by Gasteiger charge is 2.06. The summed E-state index contributed by atoms with van der Waals surface area (Å²) in [4.78, 5) is 18.7. The van der Waals surface area contributed by atoms with E-state index in [9.17, 15) is 4.79 Å². The molecular formula is C10H7ClN2O2. The van der Waals surface area contributed by atoms with Crippen LogP contribution in [0.5, 0.6) is 5.75 Å². The molecule has 2 aromatic rings. The number of aldehydes is 1. The average Bonchev–Trinajstić information content (AvgIpc) is 2.27. The van der Waals surface area contributed by atoms with Crippen LogP contribution in [0.3, 0.4) is 0 Å². The van der Waals surface area contributed by atoms with Crippen LogP contribution in [0.1, 0.15) is 10.5 Å². The lowest BCUT2D eigenvalue weighted by Crippen LogP contribution is -1.94. The molecule has 4 nitrogen and oxygen atoms in total. The van der Waals surface area contributed by atoms with Gasteiger partial charge in [-0.1, -0.05) is 11.6 Å². The molecule has 1 heterocycles. The molecule has 0 saturated heterocycles. The second-order valence-corrected chi connectivity index (χ2v) is 3.23. The molecule has 0 aliphatic carbocycles. The molecule has 0 spiro atoms. The Labute approximate surface area is 90.9 Å². The van der Waals surface area contributed by atoms with Gasteiger partial charge in [-0.15, -0.1) is 0 Å². The molecule has 0 bridgehead atoms. The van der Waals surface area contributed by atoms with Crippen molar-refractivity contribution in [2.75, 3.05) is 7.11 Å². The minimum atomic E-state index is 0.103. The Morgan fingerprint density at radius 1 is 1.33 bits per heavy atom. The number of fused-ring (bicyclic) bond motifs is 1. The normalized spacial score (nSPS) is 10.3. The van der Waals surface area contributed by atoms with Crippen LogP contribution in [0.25, 0.3) is 11.0 Å². The summed E-state index contributed by atoms with van der Waals surface area (Å²) >= 11 is 5.75. The monoisotopic (exact) mass is 222 g/mol. The van der Waals surface area contributed by atoms with E-state index in [-0.39, 0.29) is 10.8 Å². The van der Waals surface area contributed by atoms with Crippen LogP contribution in [-0.2, 0) is 0 Å². The van der Waals surface area contributed by atoms with Crippen LogP contribution < -0.4 is 4.74 Å². The van der Waals surface area contributed by atoms with E-state index in [0.717, 1.165) is 0 Å². The fourth-order valence-corrected chi connectivity index (χ4v) is 1.41. The molecule has 0 fully saturated rings. The van der Waals surface area contributed by atoms with Crippen molar-refractivity contribution < 1.29 is 9.53 Å². The molecule has 0 aliphatic rings. The van der Waals surface area contributed by atoms with E-state index in [1.807, 2.05) is 0 Å². The minimum absolute atomic E-state index is 0.103. The van der Waals surface area contributed by atoms with Crippen molar-refractivity contribution in [3.05, 3.63) is 29.0 Å². The fourth-order valence-electron chi connectivity index (χ4n) is 1.23. The largest absolute Gasteiger partial charge is 0.497 e. The van der Waals surface area contributed by atoms with E-state index < -0.39 is 0 Å². The molecule has 1 aromatic heterocycles. The van der Waals surface area contributed by atoms with Crippen molar-refractivity contribution in [3.63, 3.8) is 0 Å². The molecule has 0 atom stereocenters. The quantitative estimate of drug-likeness (QED) is 0.731. The third-order valence-corrected chi connectivity index (χ3v) is 2.24. The number of hydrogen-bond donors (Lipinski definition) is 0. The molecule has 0 unspecified atom stereocenters. The van der Waals surface area contributed by atoms with Gasteiger partial charge in [0, 0.05) is 6.07 Å². The standard InChI is InChI=1S/C10H7ClN2O2/c1-15-6-2-3-7-8(4-6)13-10(11)9(5-14)12-7/h2-5H,1H3. The van der Waals surface area contributed by atoms with Gasteiger partial charge in [-0.3, -0.25) is 4.79 Å². The second kappa shape index (κ2) is 3.82. The van der Waals surface area contributed by atoms with Crippen molar-refractivity contribution in [3.8, 4) is 5.75 Å². The summed E-state index contributed by atoms with van der Waals surface area (Å²) in [6.07, 6.45) is 0.582. The Kier molecular flexibility index (Phi) is 2.51. The van der Waals surface area contributed by atoms with Crippen LogP contribution in [-0.4, -0.2) is 23.4 Å². The molecule has 5 heteroatoms. The summed E-state index contributed by atoms with van der Waals surface area (Å²) in [5, 5.41) is 0.103. The summed E-state index contributed by atoms with van der Waals surface area (Å²) in [6, 6.07) is 5.19.